The van der Waals surface area contributed by atoms with E-state index in [0.717, 1.165) is 12.7 Å². The Balaban J connectivity index is 2.14. The first kappa shape index (κ1) is 30.6. The van der Waals surface area contributed by atoms with Gasteiger partial charge in [-0.3, -0.25) is 14.4 Å². The van der Waals surface area contributed by atoms with Gasteiger partial charge in [-0.15, -0.1) is 0 Å². The van der Waals surface area contributed by atoms with E-state index in [0.29, 0.717) is 19.4 Å². The lowest BCUT2D eigenvalue weighted by atomic mass is 10.0. The summed E-state index contributed by atoms with van der Waals surface area (Å²) in [5, 5.41) is 17.1. The molecule has 1 saturated heterocycles. The van der Waals surface area contributed by atoms with Gasteiger partial charge in [-0.2, -0.15) is 0 Å². The smallest absolute Gasteiger partial charge is 0.408 e. The van der Waals surface area contributed by atoms with Crippen LogP contribution < -0.4 is 16.0 Å². The van der Waals surface area contributed by atoms with E-state index in [4.69, 9.17) is 4.74 Å². The molecule has 0 aromatic heterocycles. The van der Waals surface area contributed by atoms with Crippen molar-refractivity contribution in [1.29, 1.82) is 0 Å². The lowest BCUT2D eigenvalue weighted by Crippen LogP contribution is -2.58. The molecule has 0 unspecified atom stereocenters. The zero-order valence-electron chi connectivity index (χ0n) is 22.5. The third-order valence-corrected chi connectivity index (χ3v) is 5.84. The number of likely N-dealkylation sites (tertiary alicyclic amines) is 1. The Bertz CT molecular complexity index is 995. The fourth-order valence-electron chi connectivity index (χ4n) is 4.02. The van der Waals surface area contributed by atoms with Crippen LogP contribution in [0.25, 0.3) is 0 Å². The lowest BCUT2D eigenvalue weighted by Gasteiger charge is -2.29. The summed E-state index contributed by atoms with van der Waals surface area (Å²) in [6.45, 7) is 6.24. The normalized spacial score (nSPS) is 17.5. The molecule has 210 valence electrons. The van der Waals surface area contributed by atoms with E-state index >= 15 is 0 Å². The average Bonchev–Trinajstić information content (AvgIpc) is 3.35. The molecule has 1 heterocycles. The zero-order chi connectivity index (χ0) is 28.5. The molecule has 38 heavy (non-hydrogen) atoms. The molecule has 1 fully saturated rings. The molecule has 0 spiro atoms. The number of hydrogen-bond donors (Lipinski definition) is 4. The van der Waals surface area contributed by atoms with Crippen molar-refractivity contribution in [2.75, 3.05) is 20.3 Å². The Morgan fingerprint density at radius 1 is 1.05 bits per heavy atom. The largest absolute Gasteiger partial charge is 0.467 e. The Morgan fingerprint density at radius 3 is 2.29 bits per heavy atom. The standard InChI is InChI=1S/C26H38N4O8/c1-16(27-25(36)38-26(2,3)4)23(34)30-13-9-12-20(30)22(33)28-18(14-17-10-7-6-8-11-17)21(32)29-19(15-31)24(35)37-5/h6-8,10-11,16,18-20,31H,9,12-15H2,1-5H3,(H,27,36)(H,28,33)(H,29,32)/t16-,18-,19-,20-/m0/s1. The van der Waals surface area contributed by atoms with Crippen molar-refractivity contribution >= 4 is 29.8 Å². The number of aliphatic hydroxyl groups is 1. The zero-order valence-corrected chi connectivity index (χ0v) is 22.5. The molecule has 1 aromatic carbocycles. The number of nitrogens with zero attached hydrogens (tertiary/aromatic N) is 1. The average molecular weight is 535 g/mol. The van der Waals surface area contributed by atoms with Crippen molar-refractivity contribution in [1.82, 2.24) is 20.9 Å². The van der Waals surface area contributed by atoms with Crippen molar-refractivity contribution < 1.29 is 38.6 Å². The highest BCUT2D eigenvalue weighted by molar-refractivity contribution is 5.95. The highest BCUT2D eigenvalue weighted by atomic mass is 16.6. The number of methoxy groups -OCH3 is 1. The number of hydrogen-bond acceptors (Lipinski definition) is 8. The maximum atomic E-state index is 13.3. The van der Waals surface area contributed by atoms with Gasteiger partial charge in [0, 0.05) is 13.0 Å². The molecule has 0 aliphatic carbocycles. The number of benzene rings is 1. The minimum Gasteiger partial charge on any atom is -0.467 e. The van der Waals surface area contributed by atoms with E-state index in [1.165, 1.54) is 11.8 Å². The molecule has 4 amide bonds. The molecule has 1 aliphatic rings. The Morgan fingerprint density at radius 2 is 1.71 bits per heavy atom. The van der Waals surface area contributed by atoms with Crippen LogP contribution in [0.3, 0.4) is 0 Å². The number of amides is 4. The van der Waals surface area contributed by atoms with Crippen LogP contribution >= 0.6 is 0 Å². The van der Waals surface area contributed by atoms with Gasteiger partial charge in [0.05, 0.1) is 13.7 Å². The molecule has 4 atom stereocenters. The topological polar surface area (TPSA) is 163 Å². The van der Waals surface area contributed by atoms with Gasteiger partial charge in [-0.25, -0.2) is 9.59 Å². The Labute approximate surface area is 222 Å². The summed E-state index contributed by atoms with van der Waals surface area (Å²) in [6, 6.07) is 4.76. The molecule has 1 aromatic rings. The first-order valence-corrected chi connectivity index (χ1v) is 12.5. The fourth-order valence-corrected chi connectivity index (χ4v) is 4.02. The highest BCUT2D eigenvalue weighted by Crippen LogP contribution is 2.19. The molecule has 12 heteroatoms. The minimum atomic E-state index is -1.30. The molecular formula is C26H38N4O8. The first-order valence-electron chi connectivity index (χ1n) is 12.5. The number of rotatable bonds is 10. The third-order valence-electron chi connectivity index (χ3n) is 5.84. The third kappa shape index (κ3) is 9.02. The summed E-state index contributed by atoms with van der Waals surface area (Å²) in [5.41, 5.74) is 0.0151. The number of carbonyl (C=O) groups is 5. The van der Waals surface area contributed by atoms with Crippen LogP contribution in [-0.2, 0) is 35.1 Å². The van der Waals surface area contributed by atoms with Gasteiger partial charge in [0.25, 0.3) is 0 Å². The van der Waals surface area contributed by atoms with Crippen molar-refractivity contribution in [3.05, 3.63) is 35.9 Å². The highest BCUT2D eigenvalue weighted by Gasteiger charge is 2.38. The summed E-state index contributed by atoms with van der Waals surface area (Å²) in [5.74, 6) is -2.52. The van der Waals surface area contributed by atoms with E-state index in [2.05, 4.69) is 20.7 Å². The lowest BCUT2D eigenvalue weighted by molar-refractivity contribution is -0.146. The van der Waals surface area contributed by atoms with Crippen molar-refractivity contribution in [2.45, 2.75) is 76.7 Å². The predicted molar refractivity (Wildman–Crippen MR) is 137 cm³/mol. The Hall–Kier alpha value is -3.67. The van der Waals surface area contributed by atoms with Crippen LogP contribution in [-0.4, -0.2) is 89.8 Å². The minimum absolute atomic E-state index is 0.106. The van der Waals surface area contributed by atoms with Gasteiger partial charge in [-0.05, 0) is 46.1 Å². The number of carbonyl (C=O) groups excluding carboxylic acids is 5. The van der Waals surface area contributed by atoms with Gasteiger partial charge < -0.3 is 35.4 Å². The van der Waals surface area contributed by atoms with Crippen LogP contribution in [0.5, 0.6) is 0 Å². The summed E-state index contributed by atoms with van der Waals surface area (Å²) in [4.78, 5) is 64.8. The number of nitrogens with one attached hydrogen (secondary N) is 3. The number of esters is 1. The number of ether oxygens (including phenoxy) is 2. The van der Waals surface area contributed by atoms with Crippen LogP contribution in [0.2, 0.25) is 0 Å². The second kappa shape index (κ2) is 13.8. The summed E-state index contributed by atoms with van der Waals surface area (Å²) in [6.07, 6.45) is 0.294. The van der Waals surface area contributed by atoms with Gasteiger partial charge in [0.1, 0.15) is 23.7 Å². The van der Waals surface area contributed by atoms with Crippen LogP contribution in [0.4, 0.5) is 4.79 Å². The van der Waals surface area contributed by atoms with Crippen LogP contribution in [0.1, 0.15) is 46.1 Å². The van der Waals surface area contributed by atoms with E-state index in [1.807, 2.05) is 6.07 Å². The van der Waals surface area contributed by atoms with Crippen molar-refractivity contribution in [3.63, 3.8) is 0 Å². The summed E-state index contributed by atoms with van der Waals surface area (Å²) in [7, 11) is 1.13. The molecule has 0 saturated carbocycles. The maximum Gasteiger partial charge on any atom is 0.408 e. The quantitative estimate of drug-likeness (QED) is 0.311. The van der Waals surface area contributed by atoms with E-state index in [-0.39, 0.29) is 6.42 Å². The predicted octanol–water partition coefficient (Wildman–Crippen LogP) is 0.268. The summed E-state index contributed by atoms with van der Waals surface area (Å²) < 4.78 is 9.80. The van der Waals surface area contributed by atoms with Crippen molar-refractivity contribution in [2.24, 2.45) is 0 Å². The first-order chi connectivity index (χ1) is 17.9. The molecule has 4 N–H and O–H groups in total. The Kier molecular flexibility index (Phi) is 11.1. The monoisotopic (exact) mass is 534 g/mol. The van der Waals surface area contributed by atoms with E-state index in [9.17, 15) is 29.1 Å². The fraction of sp³-hybridized carbons (Fsp3) is 0.577. The molecular weight excluding hydrogens is 496 g/mol. The number of alkyl carbamates (subject to hydrolysis) is 1. The number of aliphatic hydroxyl groups excluding tert-OH is 1. The SMILES string of the molecule is COC(=O)[C@H](CO)NC(=O)[C@H](Cc1ccccc1)NC(=O)[C@@H]1CCCN1C(=O)[C@H](C)NC(=O)OC(C)(C)C. The van der Waals surface area contributed by atoms with Gasteiger partial charge in [-0.1, -0.05) is 30.3 Å². The summed E-state index contributed by atoms with van der Waals surface area (Å²) >= 11 is 0. The molecule has 0 bridgehead atoms. The second-order valence-electron chi connectivity index (χ2n) is 10.1. The van der Waals surface area contributed by atoms with Crippen molar-refractivity contribution in [3.8, 4) is 0 Å². The van der Waals surface area contributed by atoms with Crippen LogP contribution in [0, 0.1) is 0 Å². The van der Waals surface area contributed by atoms with Crippen LogP contribution in [0.15, 0.2) is 30.3 Å². The maximum absolute atomic E-state index is 13.3. The second-order valence-corrected chi connectivity index (χ2v) is 10.1. The van der Waals surface area contributed by atoms with Gasteiger partial charge in [0.2, 0.25) is 17.7 Å². The van der Waals surface area contributed by atoms with Gasteiger partial charge in [0.15, 0.2) is 6.04 Å². The van der Waals surface area contributed by atoms with E-state index < -0.39 is 66.2 Å². The van der Waals surface area contributed by atoms with E-state index in [1.54, 1.807) is 45.0 Å². The molecule has 12 nitrogen and oxygen atoms in total. The molecule has 2 rings (SSSR count). The molecule has 1 aliphatic heterocycles. The van der Waals surface area contributed by atoms with Gasteiger partial charge >= 0.3 is 12.1 Å². The molecule has 0 radical (unpaired) electrons.